The Labute approximate surface area is 271 Å². The molecule has 45 heavy (non-hydrogen) atoms. The van der Waals surface area contributed by atoms with Crippen molar-refractivity contribution in [3.05, 3.63) is 35.9 Å². The van der Waals surface area contributed by atoms with E-state index in [-0.39, 0.29) is 34.8 Å². The average molecular weight is 623 g/mol. The van der Waals surface area contributed by atoms with E-state index in [0.717, 1.165) is 51.4 Å². The predicted octanol–water partition coefficient (Wildman–Crippen LogP) is 8.62. The first-order valence-corrected chi connectivity index (χ1v) is 18.3. The maximum atomic E-state index is 13.6. The van der Waals surface area contributed by atoms with Crippen LogP contribution in [0.15, 0.2) is 30.3 Å². The van der Waals surface area contributed by atoms with Crippen molar-refractivity contribution in [1.29, 1.82) is 0 Å². The largest absolute Gasteiger partial charge is 0.466 e. The number of esters is 2. The van der Waals surface area contributed by atoms with E-state index < -0.39 is 5.79 Å². The second kappa shape index (κ2) is 13.3. The molecule has 0 amide bonds. The van der Waals surface area contributed by atoms with E-state index in [0.29, 0.717) is 60.9 Å². The molecule has 1 saturated heterocycles. The molecule has 1 spiro atoms. The zero-order valence-corrected chi connectivity index (χ0v) is 28.6. The molecule has 5 aliphatic rings. The van der Waals surface area contributed by atoms with E-state index in [1.54, 1.807) is 0 Å². The second-order valence-corrected chi connectivity index (χ2v) is 15.8. The third kappa shape index (κ3) is 6.12. The SMILES string of the molecule is CCOC(=O)C(CC)CCC[C@@H](C)[C@H]1CCC2C3C(OC(=O)c4ccccc4)C[C@H]4CC5(CC[C@]4(C)C3CC[C@@]21C)OCCO5. The third-order valence-electron chi connectivity index (χ3n) is 13.8. The molecule has 0 radical (unpaired) electrons. The predicted molar refractivity (Wildman–Crippen MR) is 174 cm³/mol. The minimum absolute atomic E-state index is 0.0187. The van der Waals surface area contributed by atoms with Crippen LogP contribution in [0, 0.1) is 52.3 Å². The molecule has 6 rings (SSSR count). The maximum Gasteiger partial charge on any atom is 0.338 e. The first kappa shape index (κ1) is 33.0. The summed E-state index contributed by atoms with van der Waals surface area (Å²) in [5.74, 6) is 2.57. The van der Waals surface area contributed by atoms with Crippen LogP contribution in [0.3, 0.4) is 0 Å². The molecule has 1 aromatic rings. The van der Waals surface area contributed by atoms with Crippen molar-refractivity contribution in [2.24, 2.45) is 52.3 Å². The molecular weight excluding hydrogens is 564 g/mol. The lowest BCUT2D eigenvalue weighted by Gasteiger charge is -2.63. The number of carbonyl (C=O) groups is 2. The van der Waals surface area contributed by atoms with E-state index in [1.165, 1.54) is 25.7 Å². The summed E-state index contributed by atoms with van der Waals surface area (Å²) in [6.45, 7) is 13.4. The Morgan fingerprint density at radius 1 is 0.933 bits per heavy atom. The van der Waals surface area contributed by atoms with Gasteiger partial charge in [-0.1, -0.05) is 58.7 Å². The molecular formula is C39H58O6. The van der Waals surface area contributed by atoms with Gasteiger partial charge in [-0.25, -0.2) is 4.79 Å². The van der Waals surface area contributed by atoms with Gasteiger partial charge in [0.25, 0.3) is 0 Å². The van der Waals surface area contributed by atoms with Crippen molar-refractivity contribution < 1.29 is 28.5 Å². The van der Waals surface area contributed by atoms with Gasteiger partial charge in [0.2, 0.25) is 0 Å². The van der Waals surface area contributed by atoms with Crippen molar-refractivity contribution >= 4 is 11.9 Å². The van der Waals surface area contributed by atoms with Crippen LogP contribution in [-0.4, -0.2) is 43.7 Å². The van der Waals surface area contributed by atoms with Gasteiger partial charge in [0.1, 0.15) is 6.10 Å². The molecule has 10 atom stereocenters. The summed E-state index contributed by atoms with van der Waals surface area (Å²) in [5.41, 5.74) is 1.11. The fourth-order valence-electron chi connectivity index (χ4n) is 11.4. The highest BCUT2D eigenvalue weighted by Crippen LogP contribution is 2.69. The first-order valence-electron chi connectivity index (χ1n) is 18.3. The Morgan fingerprint density at radius 2 is 1.67 bits per heavy atom. The Balaban J connectivity index is 1.21. The normalized spacial score (nSPS) is 38.1. The Morgan fingerprint density at radius 3 is 2.38 bits per heavy atom. The zero-order chi connectivity index (χ0) is 31.8. The van der Waals surface area contributed by atoms with Crippen LogP contribution in [-0.2, 0) is 23.7 Å². The molecule has 6 heteroatoms. The summed E-state index contributed by atoms with van der Waals surface area (Å²) in [4.78, 5) is 26.0. The molecule has 0 aromatic heterocycles. The number of carbonyl (C=O) groups excluding carboxylic acids is 2. The quantitative estimate of drug-likeness (QED) is 0.243. The molecule has 250 valence electrons. The summed E-state index contributed by atoms with van der Waals surface area (Å²) < 4.78 is 24.5. The number of ether oxygens (including phenoxy) is 4. The molecule has 0 bridgehead atoms. The number of hydrogen-bond acceptors (Lipinski definition) is 6. The van der Waals surface area contributed by atoms with Crippen LogP contribution < -0.4 is 0 Å². The van der Waals surface area contributed by atoms with Crippen molar-refractivity contribution in [2.45, 2.75) is 124 Å². The van der Waals surface area contributed by atoms with E-state index in [2.05, 4.69) is 27.7 Å². The van der Waals surface area contributed by atoms with E-state index >= 15 is 0 Å². The van der Waals surface area contributed by atoms with Gasteiger partial charge in [0.15, 0.2) is 5.79 Å². The maximum absolute atomic E-state index is 13.6. The number of rotatable bonds is 10. The van der Waals surface area contributed by atoms with Crippen LogP contribution in [0.2, 0.25) is 0 Å². The van der Waals surface area contributed by atoms with Crippen molar-refractivity contribution in [3.63, 3.8) is 0 Å². The third-order valence-corrected chi connectivity index (χ3v) is 13.8. The number of benzene rings is 1. The molecule has 1 aromatic carbocycles. The van der Waals surface area contributed by atoms with Crippen LogP contribution >= 0.6 is 0 Å². The molecule has 5 fully saturated rings. The lowest BCUT2D eigenvalue weighted by Crippen LogP contribution is -2.60. The molecule has 5 unspecified atom stereocenters. The van der Waals surface area contributed by atoms with Gasteiger partial charge < -0.3 is 18.9 Å². The van der Waals surface area contributed by atoms with Crippen molar-refractivity contribution in [3.8, 4) is 0 Å². The van der Waals surface area contributed by atoms with Crippen molar-refractivity contribution in [2.75, 3.05) is 19.8 Å². The summed E-state index contributed by atoms with van der Waals surface area (Å²) in [5, 5.41) is 0. The van der Waals surface area contributed by atoms with Crippen LogP contribution in [0.25, 0.3) is 0 Å². The fraction of sp³-hybridized carbons (Fsp3) is 0.795. The summed E-state index contributed by atoms with van der Waals surface area (Å²) in [7, 11) is 0. The van der Waals surface area contributed by atoms with Crippen LogP contribution in [0.5, 0.6) is 0 Å². The molecule has 0 N–H and O–H groups in total. The minimum Gasteiger partial charge on any atom is -0.466 e. The second-order valence-electron chi connectivity index (χ2n) is 15.8. The Kier molecular flexibility index (Phi) is 9.75. The monoisotopic (exact) mass is 622 g/mol. The van der Waals surface area contributed by atoms with Crippen LogP contribution in [0.4, 0.5) is 0 Å². The average Bonchev–Trinajstić information content (AvgIpc) is 3.64. The van der Waals surface area contributed by atoms with Gasteiger partial charge in [-0.3, -0.25) is 4.79 Å². The fourth-order valence-corrected chi connectivity index (χ4v) is 11.4. The first-order chi connectivity index (χ1) is 21.6. The molecule has 1 aliphatic heterocycles. The van der Waals surface area contributed by atoms with Gasteiger partial charge in [-0.05, 0) is 111 Å². The smallest absolute Gasteiger partial charge is 0.338 e. The summed E-state index contributed by atoms with van der Waals surface area (Å²) in [6, 6.07) is 9.56. The highest BCUT2D eigenvalue weighted by Gasteiger charge is 2.65. The van der Waals surface area contributed by atoms with Gasteiger partial charge in [-0.2, -0.15) is 0 Å². The summed E-state index contributed by atoms with van der Waals surface area (Å²) >= 11 is 0. The topological polar surface area (TPSA) is 71.1 Å². The lowest BCUT2D eigenvalue weighted by atomic mass is 9.43. The van der Waals surface area contributed by atoms with E-state index in [1.807, 2.05) is 37.3 Å². The Hall–Kier alpha value is -1.92. The van der Waals surface area contributed by atoms with E-state index in [4.69, 9.17) is 18.9 Å². The van der Waals surface area contributed by atoms with Gasteiger partial charge in [-0.15, -0.1) is 0 Å². The molecule has 4 saturated carbocycles. The highest BCUT2D eigenvalue weighted by molar-refractivity contribution is 5.89. The lowest BCUT2D eigenvalue weighted by molar-refractivity contribution is -0.242. The van der Waals surface area contributed by atoms with Gasteiger partial charge >= 0.3 is 11.9 Å². The Bertz CT molecular complexity index is 1180. The van der Waals surface area contributed by atoms with Crippen molar-refractivity contribution in [1.82, 2.24) is 0 Å². The highest BCUT2D eigenvalue weighted by atomic mass is 16.7. The van der Waals surface area contributed by atoms with E-state index in [9.17, 15) is 9.59 Å². The summed E-state index contributed by atoms with van der Waals surface area (Å²) in [6.07, 6.45) is 12.8. The molecule has 4 aliphatic carbocycles. The number of hydrogen-bond donors (Lipinski definition) is 0. The van der Waals surface area contributed by atoms with Gasteiger partial charge in [0, 0.05) is 18.8 Å². The molecule has 6 nitrogen and oxygen atoms in total. The zero-order valence-electron chi connectivity index (χ0n) is 28.6. The minimum atomic E-state index is -0.438. The van der Waals surface area contributed by atoms with Gasteiger partial charge in [0.05, 0.1) is 31.3 Å². The molecule has 1 heterocycles. The number of fused-ring (bicyclic) bond motifs is 5. The van der Waals surface area contributed by atoms with Crippen LogP contribution in [0.1, 0.15) is 122 Å². The standard InChI is InChI=1S/C39H58O6/c1-6-27(35(40)42-7-2)15-11-12-26(3)30-16-17-31-34-32(18-19-38(30,31)5)37(4)20-21-39(43-22-23-44-39)25-29(37)24-33(34)45-36(41)28-13-9-8-10-14-28/h8-10,13-14,26-27,29-34H,6-7,11-12,15-25H2,1-5H3/t26-,27?,29+,30-,31?,32?,33?,34?,37+,38-/m1/s1.